The van der Waals surface area contributed by atoms with Crippen LogP contribution in [0.4, 0.5) is 0 Å². The molecule has 0 radical (unpaired) electrons. The van der Waals surface area contributed by atoms with Crippen molar-refractivity contribution in [2.24, 2.45) is 4.99 Å². The Kier molecular flexibility index (Phi) is 15.6. The van der Waals surface area contributed by atoms with Crippen LogP contribution in [-0.4, -0.2) is 164 Å². The molecule has 0 aromatic carbocycles. The zero-order valence-electron chi connectivity index (χ0n) is 31.0. The van der Waals surface area contributed by atoms with Gasteiger partial charge in [-0.2, -0.15) is 12.6 Å². The number of aryl methyl sites for hydroxylation is 1. The van der Waals surface area contributed by atoms with Crippen molar-refractivity contribution in [3.63, 3.8) is 0 Å². The van der Waals surface area contributed by atoms with E-state index in [1.54, 1.807) is 6.92 Å². The van der Waals surface area contributed by atoms with E-state index in [1.165, 1.54) is 36.9 Å². The highest BCUT2D eigenvalue weighted by Crippen LogP contribution is 2.29. The summed E-state index contributed by atoms with van der Waals surface area (Å²) in [5, 5.41) is 42.7. The van der Waals surface area contributed by atoms with Gasteiger partial charge in [0.15, 0.2) is 15.8 Å². The number of nitrogens with one attached hydrogen (secondary N) is 2. The summed E-state index contributed by atoms with van der Waals surface area (Å²) in [6, 6.07) is -4.59. The number of esters is 2. The number of thiol groups is 1. The van der Waals surface area contributed by atoms with Gasteiger partial charge < -0.3 is 25.2 Å². The first-order valence-corrected chi connectivity index (χ1v) is 22.1. The first-order valence-electron chi connectivity index (χ1n) is 17.0. The van der Waals surface area contributed by atoms with E-state index in [1.807, 2.05) is 0 Å². The zero-order chi connectivity index (χ0) is 42.8. The molecule has 0 spiro atoms. The maximum absolute atomic E-state index is 15.0. The molecule has 316 valence electrons. The highest BCUT2D eigenvalue weighted by Gasteiger charge is 2.50. The van der Waals surface area contributed by atoms with Crippen LogP contribution in [0.15, 0.2) is 44.2 Å². The lowest BCUT2D eigenvalue weighted by Crippen LogP contribution is -2.66. The van der Waals surface area contributed by atoms with Crippen LogP contribution in [0.3, 0.4) is 0 Å². The normalized spacial score (nSPS) is 20.0. The van der Waals surface area contributed by atoms with E-state index in [-0.39, 0.29) is 46.5 Å². The number of carbonyl (C=O) groups excluding carboxylic acids is 5. The van der Waals surface area contributed by atoms with E-state index in [2.05, 4.69) is 69.5 Å². The number of nitrogens with zero attached hydrogens (tertiary/aromatic N) is 12. The van der Waals surface area contributed by atoms with Crippen LogP contribution in [0.25, 0.3) is 0 Å². The molecule has 2 aliphatic rings. The monoisotopic (exact) mass is 914 g/mol. The minimum Gasteiger partial charge on any atom is -0.480 e. The first-order chi connectivity index (χ1) is 28.3. The van der Waals surface area contributed by atoms with E-state index in [0.717, 1.165) is 27.4 Å². The summed E-state index contributed by atoms with van der Waals surface area (Å²) in [6.07, 6.45) is 2.05. The van der Waals surface area contributed by atoms with Crippen LogP contribution in [0, 0.1) is 6.92 Å². The van der Waals surface area contributed by atoms with Gasteiger partial charge in [0.25, 0.3) is 11.8 Å². The second-order valence-electron chi connectivity index (χ2n) is 11.8. The highest BCUT2D eigenvalue weighted by atomic mass is 32.2. The van der Waals surface area contributed by atoms with Crippen molar-refractivity contribution in [1.82, 2.24) is 66.1 Å². The van der Waals surface area contributed by atoms with E-state index < -0.39 is 105 Å². The van der Waals surface area contributed by atoms with Crippen LogP contribution in [0.5, 0.6) is 0 Å². The van der Waals surface area contributed by atoms with Crippen LogP contribution >= 0.6 is 35.7 Å². The number of carbonyl (C=O) groups is 6. The number of ether oxygens (including phenoxy) is 2. The Hall–Kier alpha value is -5.33. The molecule has 3 amide bonds. The third kappa shape index (κ3) is 11.0. The molecule has 0 bridgehead atoms. The van der Waals surface area contributed by atoms with Gasteiger partial charge in [0.05, 0.1) is 40.6 Å². The van der Waals surface area contributed by atoms with Gasteiger partial charge in [0.1, 0.15) is 53.6 Å². The van der Waals surface area contributed by atoms with Crippen molar-refractivity contribution < 1.29 is 51.8 Å². The van der Waals surface area contributed by atoms with Crippen LogP contribution in [0.1, 0.15) is 18.9 Å². The summed E-state index contributed by atoms with van der Waals surface area (Å²) >= 11 is 6.61. The molecule has 30 heteroatoms. The SMILES string of the molecule is CCOC(=O)C1=N[C@@H]([C@H](NC(=O)Cn2cnnn2)C(=O)N(C(=O)Cn2cnnn2)[C@H](C(=O)O)[C@@H]2NC(C(=O)OCC)=C(CSc3nnc(C)s3)CS2=O)S(=O)C=C1CS. The lowest BCUT2D eigenvalue weighted by Gasteiger charge is -2.38. The minimum absolute atomic E-state index is 0.0400. The molecule has 5 rings (SSSR count). The van der Waals surface area contributed by atoms with Crippen molar-refractivity contribution >= 4 is 98.7 Å². The molecular weight excluding hydrogens is 881 g/mol. The summed E-state index contributed by atoms with van der Waals surface area (Å²) in [6.45, 7) is 3.05. The van der Waals surface area contributed by atoms with E-state index in [0.29, 0.717) is 9.35 Å². The molecule has 3 N–H and O–H groups in total. The maximum Gasteiger partial charge on any atom is 0.356 e. The summed E-state index contributed by atoms with van der Waals surface area (Å²) < 4.78 is 40.6. The predicted molar refractivity (Wildman–Crippen MR) is 208 cm³/mol. The average molecular weight is 915 g/mol. The molecule has 2 aliphatic heterocycles. The molecular formula is C29H34N14O11S5. The second-order valence-corrected chi connectivity index (χ2v) is 17.5. The van der Waals surface area contributed by atoms with Crippen molar-refractivity contribution in [1.29, 1.82) is 0 Å². The Morgan fingerprint density at radius 1 is 1.05 bits per heavy atom. The Balaban J connectivity index is 1.62. The number of carboxylic acid groups (broad SMARTS) is 1. The molecule has 2 unspecified atom stereocenters. The molecule has 59 heavy (non-hydrogen) atoms. The molecule has 0 saturated heterocycles. The number of imide groups is 1. The summed E-state index contributed by atoms with van der Waals surface area (Å²) in [4.78, 5) is 86.9. The summed E-state index contributed by atoms with van der Waals surface area (Å²) in [5.41, 5.74) is -0.382. The number of aliphatic carboxylic acids is 1. The van der Waals surface area contributed by atoms with Crippen LogP contribution in [0.2, 0.25) is 0 Å². The number of thioether (sulfide) groups is 1. The van der Waals surface area contributed by atoms with E-state index in [9.17, 15) is 37.5 Å². The molecule has 0 fully saturated rings. The van der Waals surface area contributed by atoms with Gasteiger partial charge in [0, 0.05) is 22.5 Å². The van der Waals surface area contributed by atoms with Gasteiger partial charge in [-0.1, -0.05) is 23.1 Å². The predicted octanol–water partition coefficient (Wildman–Crippen LogP) is -2.99. The van der Waals surface area contributed by atoms with Gasteiger partial charge >= 0.3 is 17.9 Å². The Bertz CT molecular complexity index is 2210. The molecule has 6 atom stereocenters. The number of amides is 3. The third-order valence-electron chi connectivity index (χ3n) is 7.87. The lowest BCUT2D eigenvalue weighted by atomic mass is 10.1. The van der Waals surface area contributed by atoms with Gasteiger partial charge in [-0.15, -0.1) is 20.4 Å². The highest BCUT2D eigenvalue weighted by molar-refractivity contribution is 8.01. The van der Waals surface area contributed by atoms with Gasteiger partial charge in [-0.3, -0.25) is 32.7 Å². The molecule has 0 saturated carbocycles. The Morgan fingerprint density at radius 2 is 1.71 bits per heavy atom. The van der Waals surface area contributed by atoms with Gasteiger partial charge in [-0.25, -0.2) is 23.7 Å². The topological polar surface area (TPSA) is 328 Å². The van der Waals surface area contributed by atoms with E-state index >= 15 is 4.79 Å². The third-order valence-corrected chi connectivity index (χ3v) is 13.2. The van der Waals surface area contributed by atoms with E-state index in [4.69, 9.17) is 9.47 Å². The maximum atomic E-state index is 15.0. The fraction of sp³-hybridized carbons (Fsp3) is 0.483. The average Bonchev–Trinajstić information content (AvgIpc) is 4.00. The molecule has 3 aromatic heterocycles. The smallest absolute Gasteiger partial charge is 0.356 e. The molecule has 3 aromatic rings. The molecule has 5 heterocycles. The van der Waals surface area contributed by atoms with Crippen LogP contribution < -0.4 is 10.6 Å². The van der Waals surface area contributed by atoms with Gasteiger partial charge in [0.2, 0.25) is 5.91 Å². The minimum atomic E-state index is -2.41. The second kappa shape index (κ2) is 20.6. The van der Waals surface area contributed by atoms with Crippen LogP contribution in [-0.2, 0) is 72.9 Å². The van der Waals surface area contributed by atoms with Crippen molar-refractivity contribution in [2.45, 2.75) is 61.0 Å². The zero-order valence-corrected chi connectivity index (χ0v) is 35.1. The molecule has 0 aliphatic carbocycles. The lowest BCUT2D eigenvalue weighted by molar-refractivity contribution is -0.160. The number of tetrazole rings is 2. The largest absolute Gasteiger partial charge is 0.480 e. The first kappa shape index (κ1) is 44.8. The standard InChI is InChI=1S/C29H34N14O11S5/c1-4-53-27(49)19-15(8-55)10-58(51)23(33-19)21(32-17(44)6-41-12-30-37-39-41)25(46)43(18(45)7-42-13-31-38-40-42)22(26(47)48)24-34-20(28(50)54-5-2)16(11-59(24)52)9-56-29-36-35-14(3)57-29/h10,12-13,21-24,34,55H,4-9,11H2,1-3H3,(H,32,44)(H,47,48)/t21-,22-,23+,24+,58?,59?/m0/s1. The van der Waals surface area contributed by atoms with Gasteiger partial charge in [-0.05, 0) is 47.2 Å². The number of hydrogen-bond acceptors (Lipinski definition) is 23. The molecule has 25 nitrogen and oxygen atoms in total. The number of rotatable bonds is 18. The van der Waals surface area contributed by atoms with Crippen molar-refractivity contribution in [3.8, 4) is 0 Å². The number of aromatic nitrogens is 10. The number of hydrogen-bond donors (Lipinski definition) is 4. The van der Waals surface area contributed by atoms with Crippen molar-refractivity contribution in [2.75, 3.05) is 30.5 Å². The quantitative estimate of drug-likeness (QED) is 0.0561. The number of carboxylic acids is 1. The Morgan fingerprint density at radius 3 is 2.29 bits per heavy atom. The fourth-order valence-electron chi connectivity index (χ4n) is 5.39. The summed E-state index contributed by atoms with van der Waals surface area (Å²) in [5.74, 6) is -8.23. The summed E-state index contributed by atoms with van der Waals surface area (Å²) in [7, 11) is -4.65. The number of aliphatic imine (C=N–C) groups is 1. The fourth-order valence-corrected chi connectivity index (χ4v) is 10.5. The Labute approximate surface area is 351 Å². The van der Waals surface area contributed by atoms with Crippen molar-refractivity contribution in [3.05, 3.63) is 39.9 Å².